The molecule has 0 aliphatic heterocycles. The number of anilines is 1. The van der Waals surface area contributed by atoms with E-state index in [1.165, 1.54) is 6.07 Å². The molecule has 0 aliphatic carbocycles. The van der Waals surface area contributed by atoms with Crippen molar-refractivity contribution in [1.29, 1.82) is 0 Å². The average Bonchev–Trinajstić information content (AvgIpc) is 2.32. The first kappa shape index (κ1) is 11.6. The minimum atomic E-state index is -0.391. The van der Waals surface area contributed by atoms with Crippen LogP contribution in [0.4, 0.5) is 5.82 Å². The van der Waals surface area contributed by atoms with E-state index in [1.807, 2.05) is 0 Å². The average molecular weight is 293 g/mol. The van der Waals surface area contributed by atoms with Crippen molar-refractivity contribution in [2.24, 2.45) is 0 Å². The summed E-state index contributed by atoms with van der Waals surface area (Å²) in [5, 5.41) is 12.1. The van der Waals surface area contributed by atoms with E-state index in [1.54, 1.807) is 36.5 Å². The first-order valence-electron chi connectivity index (χ1n) is 4.88. The minimum Gasteiger partial charge on any atom is -0.507 e. The molecule has 2 aromatic rings. The lowest BCUT2D eigenvalue weighted by Crippen LogP contribution is -2.12. The highest BCUT2D eigenvalue weighted by Gasteiger charge is 2.10. The molecule has 0 bridgehead atoms. The Balaban J connectivity index is 2.17. The molecule has 4 nitrogen and oxygen atoms in total. The number of carbonyl (C=O) groups is 1. The number of phenolic OH excluding ortho intramolecular Hbond substituents is 1. The number of para-hydroxylation sites is 1. The number of phenols is 1. The molecule has 2 N–H and O–H groups in total. The first-order chi connectivity index (χ1) is 8.16. The number of aromatic nitrogens is 1. The van der Waals surface area contributed by atoms with Gasteiger partial charge >= 0.3 is 0 Å². The molecular formula is C12H9BrN2O2. The minimum absolute atomic E-state index is 0.0536. The molecule has 86 valence electrons. The zero-order valence-electron chi connectivity index (χ0n) is 8.72. The molecule has 0 saturated heterocycles. The Kier molecular flexibility index (Phi) is 3.39. The van der Waals surface area contributed by atoms with Gasteiger partial charge < -0.3 is 10.4 Å². The lowest BCUT2D eigenvalue weighted by atomic mass is 10.2. The Morgan fingerprint density at radius 1 is 1.24 bits per heavy atom. The van der Waals surface area contributed by atoms with Crippen LogP contribution in [0.3, 0.4) is 0 Å². The number of aromatic hydroxyl groups is 1. The first-order valence-corrected chi connectivity index (χ1v) is 5.67. The Bertz CT molecular complexity index is 540. The van der Waals surface area contributed by atoms with E-state index in [-0.39, 0.29) is 11.3 Å². The number of nitrogens with zero attached hydrogens (tertiary/aromatic N) is 1. The smallest absolute Gasteiger partial charge is 0.260 e. The third kappa shape index (κ3) is 2.82. The van der Waals surface area contributed by atoms with Gasteiger partial charge in [-0.15, -0.1) is 0 Å². The number of halogens is 1. The van der Waals surface area contributed by atoms with E-state index < -0.39 is 5.91 Å². The van der Waals surface area contributed by atoms with E-state index in [4.69, 9.17) is 0 Å². The SMILES string of the molecule is O=C(Nc1ccc(Br)cn1)c1ccccc1O. The van der Waals surface area contributed by atoms with Gasteiger partial charge in [0, 0.05) is 10.7 Å². The van der Waals surface area contributed by atoms with Crippen LogP contribution in [-0.2, 0) is 0 Å². The molecule has 2 rings (SSSR count). The number of hydrogen-bond acceptors (Lipinski definition) is 3. The van der Waals surface area contributed by atoms with Gasteiger partial charge in [-0.2, -0.15) is 0 Å². The van der Waals surface area contributed by atoms with Crippen molar-refractivity contribution in [2.45, 2.75) is 0 Å². The second-order valence-electron chi connectivity index (χ2n) is 3.33. The molecule has 0 fully saturated rings. The lowest BCUT2D eigenvalue weighted by Gasteiger charge is -2.05. The number of pyridine rings is 1. The topological polar surface area (TPSA) is 62.2 Å². The van der Waals surface area contributed by atoms with Crippen LogP contribution in [0.15, 0.2) is 47.1 Å². The van der Waals surface area contributed by atoms with Gasteiger partial charge in [-0.05, 0) is 40.2 Å². The third-order valence-electron chi connectivity index (χ3n) is 2.12. The standard InChI is InChI=1S/C12H9BrN2O2/c13-8-5-6-11(14-7-8)15-12(17)9-3-1-2-4-10(9)16/h1-7,16H,(H,14,15,17). The highest BCUT2D eigenvalue weighted by Crippen LogP contribution is 2.17. The Hall–Kier alpha value is -1.88. The van der Waals surface area contributed by atoms with Gasteiger partial charge in [0.2, 0.25) is 0 Å². The predicted octanol–water partition coefficient (Wildman–Crippen LogP) is 2.80. The van der Waals surface area contributed by atoms with Crippen LogP contribution in [0.25, 0.3) is 0 Å². The number of hydrogen-bond donors (Lipinski definition) is 2. The molecule has 5 heteroatoms. The van der Waals surface area contributed by atoms with Crippen molar-refractivity contribution in [3.63, 3.8) is 0 Å². The number of nitrogens with one attached hydrogen (secondary N) is 1. The Labute approximate surface area is 106 Å². The Morgan fingerprint density at radius 2 is 2.00 bits per heavy atom. The number of benzene rings is 1. The summed E-state index contributed by atoms with van der Waals surface area (Å²) in [5.74, 6) is -0.0125. The van der Waals surface area contributed by atoms with Crippen LogP contribution < -0.4 is 5.32 Å². The molecule has 17 heavy (non-hydrogen) atoms. The molecule has 1 heterocycles. The fourth-order valence-corrected chi connectivity index (χ4v) is 1.53. The summed E-state index contributed by atoms with van der Waals surface area (Å²) in [5.41, 5.74) is 0.220. The van der Waals surface area contributed by atoms with Gasteiger partial charge in [0.1, 0.15) is 11.6 Å². The maximum Gasteiger partial charge on any atom is 0.260 e. The van der Waals surface area contributed by atoms with Crippen molar-refractivity contribution in [3.8, 4) is 5.75 Å². The van der Waals surface area contributed by atoms with E-state index in [9.17, 15) is 9.90 Å². The maximum absolute atomic E-state index is 11.8. The molecule has 0 spiro atoms. The molecule has 1 aromatic heterocycles. The zero-order valence-corrected chi connectivity index (χ0v) is 10.3. The van der Waals surface area contributed by atoms with Crippen molar-refractivity contribution in [1.82, 2.24) is 4.98 Å². The largest absolute Gasteiger partial charge is 0.507 e. The summed E-state index contributed by atoms with van der Waals surface area (Å²) >= 11 is 3.25. The second kappa shape index (κ2) is 4.97. The van der Waals surface area contributed by atoms with Crippen molar-refractivity contribution in [3.05, 3.63) is 52.6 Å². The van der Waals surface area contributed by atoms with Gasteiger partial charge in [-0.3, -0.25) is 4.79 Å². The summed E-state index contributed by atoms with van der Waals surface area (Å²) in [6, 6.07) is 9.79. The molecular weight excluding hydrogens is 284 g/mol. The maximum atomic E-state index is 11.8. The Morgan fingerprint density at radius 3 is 2.65 bits per heavy atom. The summed E-state index contributed by atoms with van der Waals surface area (Å²) in [7, 11) is 0. The van der Waals surface area contributed by atoms with Crippen molar-refractivity contribution in [2.75, 3.05) is 5.32 Å². The summed E-state index contributed by atoms with van der Waals surface area (Å²) in [4.78, 5) is 15.8. The van der Waals surface area contributed by atoms with Gasteiger partial charge in [0.15, 0.2) is 0 Å². The van der Waals surface area contributed by atoms with E-state index >= 15 is 0 Å². The van der Waals surface area contributed by atoms with Crippen LogP contribution in [0, 0.1) is 0 Å². The number of carbonyl (C=O) groups excluding carboxylic acids is 1. The van der Waals surface area contributed by atoms with E-state index in [0.29, 0.717) is 5.82 Å². The van der Waals surface area contributed by atoms with E-state index in [2.05, 4.69) is 26.2 Å². The monoisotopic (exact) mass is 292 g/mol. The van der Waals surface area contributed by atoms with Gasteiger partial charge in [0.25, 0.3) is 5.91 Å². The van der Waals surface area contributed by atoms with Crippen molar-refractivity contribution < 1.29 is 9.90 Å². The third-order valence-corrected chi connectivity index (χ3v) is 2.59. The van der Waals surface area contributed by atoms with Crippen LogP contribution in [0.5, 0.6) is 5.75 Å². The number of rotatable bonds is 2. The summed E-state index contributed by atoms with van der Waals surface area (Å²) in [6.07, 6.45) is 1.58. The predicted molar refractivity (Wildman–Crippen MR) is 68.0 cm³/mol. The zero-order chi connectivity index (χ0) is 12.3. The molecule has 1 aromatic carbocycles. The molecule has 1 amide bonds. The highest BCUT2D eigenvalue weighted by molar-refractivity contribution is 9.10. The normalized spacial score (nSPS) is 9.94. The molecule has 0 atom stereocenters. The van der Waals surface area contributed by atoms with Gasteiger partial charge in [-0.1, -0.05) is 12.1 Å². The molecule has 0 aliphatic rings. The molecule has 0 radical (unpaired) electrons. The summed E-state index contributed by atoms with van der Waals surface area (Å²) < 4.78 is 0.832. The second-order valence-corrected chi connectivity index (χ2v) is 4.25. The lowest BCUT2D eigenvalue weighted by molar-refractivity contribution is 0.102. The van der Waals surface area contributed by atoms with Gasteiger partial charge in [-0.25, -0.2) is 4.98 Å². The summed E-state index contributed by atoms with van der Waals surface area (Å²) in [6.45, 7) is 0. The molecule has 0 unspecified atom stereocenters. The van der Waals surface area contributed by atoms with Crippen LogP contribution in [0.1, 0.15) is 10.4 Å². The highest BCUT2D eigenvalue weighted by atomic mass is 79.9. The fourth-order valence-electron chi connectivity index (χ4n) is 1.30. The van der Waals surface area contributed by atoms with Crippen LogP contribution >= 0.6 is 15.9 Å². The van der Waals surface area contributed by atoms with Crippen molar-refractivity contribution >= 4 is 27.7 Å². The fraction of sp³-hybridized carbons (Fsp3) is 0. The quantitative estimate of drug-likeness (QED) is 0.895. The van der Waals surface area contributed by atoms with E-state index in [0.717, 1.165) is 4.47 Å². The van der Waals surface area contributed by atoms with Crippen LogP contribution in [0.2, 0.25) is 0 Å². The molecule has 0 saturated carbocycles. The van der Waals surface area contributed by atoms with Gasteiger partial charge in [0.05, 0.1) is 5.56 Å². The number of amides is 1. The van der Waals surface area contributed by atoms with Crippen LogP contribution in [-0.4, -0.2) is 16.0 Å².